The third-order valence-electron chi connectivity index (χ3n) is 11.0. The zero-order chi connectivity index (χ0) is 40.9. The fourth-order valence-corrected chi connectivity index (χ4v) is 8.61. The van der Waals surface area contributed by atoms with E-state index in [1.165, 1.54) is 0 Å². The molecular formula is C45H49Cl2N7O3. The molecule has 0 spiro atoms. The molecule has 1 aliphatic heterocycles. The lowest BCUT2D eigenvalue weighted by atomic mass is 9.91. The van der Waals surface area contributed by atoms with Gasteiger partial charge < -0.3 is 29.1 Å². The molecule has 0 fully saturated rings. The molecule has 6 aromatic rings. The molecule has 0 saturated carbocycles. The zero-order valence-corrected chi connectivity index (χ0v) is 35.2. The number of allylic oxidation sites excluding steroid dienone is 2. The first kappa shape index (κ1) is 39.9. The maximum atomic E-state index is 15.3. The number of halogens is 2. The molecule has 1 aliphatic rings. The molecule has 10 nitrogen and oxygen atoms in total. The summed E-state index contributed by atoms with van der Waals surface area (Å²) in [5.41, 5.74) is 9.31. The Bertz CT molecular complexity index is 2550. The summed E-state index contributed by atoms with van der Waals surface area (Å²) in [4.78, 5) is 34.8. The van der Waals surface area contributed by atoms with E-state index in [-0.39, 0.29) is 23.8 Å². The van der Waals surface area contributed by atoms with Crippen LogP contribution in [0.2, 0.25) is 10.0 Å². The minimum Gasteiger partial charge on any atom is -0.494 e. The second kappa shape index (κ2) is 15.9. The van der Waals surface area contributed by atoms with Crippen molar-refractivity contribution in [3.8, 4) is 5.75 Å². The molecule has 12 heteroatoms. The van der Waals surface area contributed by atoms with Gasteiger partial charge in [-0.05, 0) is 117 Å². The summed E-state index contributed by atoms with van der Waals surface area (Å²) in [6.07, 6.45) is 4.85. The Morgan fingerprint density at radius 1 is 1.07 bits per heavy atom. The average molecular weight is 807 g/mol. The second-order valence-electron chi connectivity index (χ2n) is 15.4. The highest BCUT2D eigenvalue weighted by Crippen LogP contribution is 2.45. The molecule has 1 atom stereocenters. The van der Waals surface area contributed by atoms with Gasteiger partial charge in [0.05, 0.1) is 22.8 Å². The first-order chi connectivity index (χ1) is 27.2. The third-order valence-corrected chi connectivity index (χ3v) is 11.9. The SMILES string of the molecule is C/C(=C(\c1c(Cl)ccc2c(CCCOc3cc(C)c(Cl)c(C)c3)c3n(c12)[C@H](C)CN(c1cn(C)c2ccc(C(=O)Nc4ccccn4)cc12)C3=O)C(C)C)N(C)N. The Hall–Kier alpha value is -5.29. The number of ether oxygens (including phenoxy) is 1. The van der Waals surface area contributed by atoms with E-state index in [1.54, 1.807) is 29.4 Å². The normalized spacial score (nSPS) is 14.7. The van der Waals surface area contributed by atoms with Crippen molar-refractivity contribution in [3.63, 3.8) is 0 Å². The monoisotopic (exact) mass is 805 g/mol. The van der Waals surface area contributed by atoms with Crippen molar-refractivity contribution >= 4 is 73.9 Å². The van der Waals surface area contributed by atoms with Crippen LogP contribution in [0.5, 0.6) is 5.75 Å². The van der Waals surface area contributed by atoms with Gasteiger partial charge in [-0.3, -0.25) is 9.59 Å². The quantitative estimate of drug-likeness (QED) is 0.0767. The predicted molar refractivity (Wildman–Crippen MR) is 233 cm³/mol. The van der Waals surface area contributed by atoms with Crippen LogP contribution in [0.1, 0.15) is 83.3 Å². The standard InChI is InChI=1S/C45H49Cl2N7O3/c1-25(2)39(29(6)52(8)48)40-35(46)16-15-33-32(12-11-19-57-31-20-26(3)41(47)27(4)21-31)43-45(56)53(23-28(5)54(43)42(33)40)37-24-51(7)36-17-14-30(22-34(36)37)44(55)50-38-13-9-10-18-49-38/h9-10,13-18,20-22,24-25,28H,11-12,19,23,48H2,1-8H3,(H,49,50,55)/b39-29+/t28-/m1/s1. The van der Waals surface area contributed by atoms with E-state index in [2.05, 4.69) is 35.6 Å². The molecule has 0 radical (unpaired) electrons. The molecule has 0 aliphatic carbocycles. The van der Waals surface area contributed by atoms with Gasteiger partial charge in [0.2, 0.25) is 0 Å². The van der Waals surface area contributed by atoms with Crippen LogP contribution in [-0.2, 0) is 13.5 Å². The molecular weight excluding hydrogens is 757 g/mol. The molecule has 2 amide bonds. The number of nitrogens with two attached hydrogens (primary N) is 1. The zero-order valence-electron chi connectivity index (χ0n) is 33.7. The molecule has 0 bridgehead atoms. The predicted octanol–water partition coefficient (Wildman–Crippen LogP) is 10.1. The van der Waals surface area contributed by atoms with Gasteiger partial charge >= 0.3 is 0 Å². The van der Waals surface area contributed by atoms with Crippen molar-refractivity contribution in [2.45, 2.75) is 60.4 Å². The van der Waals surface area contributed by atoms with Gasteiger partial charge in [-0.1, -0.05) is 49.2 Å². The first-order valence-corrected chi connectivity index (χ1v) is 20.0. The molecule has 3 aromatic carbocycles. The minimum absolute atomic E-state index is 0.0826. The smallest absolute Gasteiger partial charge is 0.275 e. The number of hydrogen-bond acceptors (Lipinski definition) is 6. The van der Waals surface area contributed by atoms with E-state index < -0.39 is 0 Å². The lowest BCUT2D eigenvalue weighted by Gasteiger charge is -2.34. The summed E-state index contributed by atoms with van der Waals surface area (Å²) in [5.74, 6) is 7.27. The fourth-order valence-electron chi connectivity index (χ4n) is 8.25. The lowest BCUT2D eigenvalue weighted by Crippen LogP contribution is -2.42. The number of aromatic nitrogens is 3. The lowest BCUT2D eigenvalue weighted by molar-refractivity contribution is 0.0957. The first-order valence-electron chi connectivity index (χ1n) is 19.3. The number of carbonyl (C=O) groups is 2. The van der Waals surface area contributed by atoms with Gasteiger partial charge in [-0.15, -0.1) is 0 Å². The molecule has 3 aromatic heterocycles. The number of carbonyl (C=O) groups excluding carboxylic acids is 2. The third kappa shape index (κ3) is 7.38. The van der Waals surface area contributed by atoms with Crippen LogP contribution in [0.3, 0.4) is 0 Å². The van der Waals surface area contributed by atoms with Crippen molar-refractivity contribution in [1.29, 1.82) is 0 Å². The van der Waals surface area contributed by atoms with Gasteiger partial charge in [-0.25, -0.2) is 10.8 Å². The molecule has 0 unspecified atom stereocenters. The minimum atomic E-state index is -0.283. The number of rotatable bonds is 11. The van der Waals surface area contributed by atoms with E-state index in [0.29, 0.717) is 48.1 Å². The number of aryl methyl sites for hydroxylation is 4. The Labute approximate surface area is 343 Å². The van der Waals surface area contributed by atoms with Gasteiger partial charge in [0.15, 0.2) is 0 Å². The summed E-state index contributed by atoms with van der Waals surface area (Å²) in [5, 5.41) is 7.62. The van der Waals surface area contributed by atoms with Crippen molar-refractivity contribution in [2.24, 2.45) is 18.8 Å². The number of hydrogen-bond donors (Lipinski definition) is 2. The van der Waals surface area contributed by atoms with Crippen molar-refractivity contribution in [3.05, 3.63) is 122 Å². The highest BCUT2D eigenvalue weighted by atomic mass is 35.5. The summed E-state index contributed by atoms with van der Waals surface area (Å²) in [7, 11) is 3.78. The van der Waals surface area contributed by atoms with Crippen LogP contribution in [0, 0.1) is 19.8 Å². The van der Waals surface area contributed by atoms with Crippen molar-refractivity contribution < 1.29 is 14.3 Å². The molecule has 3 N–H and O–H groups in total. The number of fused-ring (bicyclic) bond motifs is 4. The number of nitrogens with one attached hydrogen (secondary N) is 1. The average Bonchev–Trinajstić information content (AvgIpc) is 3.69. The van der Waals surface area contributed by atoms with Gasteiger partial charge in [0.1, 0.15) is 17.3 Å². The molecule has 7 rings (SSSR count). The molecule has 0 saturated heterocycles. The van der Waals surface area contributed by atoms with Crippen LogP contribution in [0.4, 0.5) is 11.5 Å². The summed E-state index contributed by atoms with van der Waals surface area (Å²) in [6.45, 7) is 13.2. The number of hydrazine groups is 1. The van der Waals surface area contributed by atoms with E-state index in [0.717, 1.165) is 71.8 Å². The largest absolute Gasteiger partial charge is 0.494 e. The highest BCUT2D eigenvalue weighted by molar-refractivity contribution is 6.34. The van der Waals surface area contributed by atoms with E-state index in [9.17, 15) is 4.79 Å². The van der Waals surface area contributed by atoms with Crippen LogP contribution >= 0.6 is 23.2 Å². The summed E-state index contributed by atoms with van der Waals surface area (Å²) in [6, 6.07) is 18.7. The van der Waals surface area contributed by atoms with E-state index in [1.807, 2.05) is 93.0 Å². The van der Waals surface area contributed by atoms with Crippen LogP contribution in [0.15, 0.2) is 78.8 Å². The Kier molecular flexibility index (Phi) is 11.2. The number of benzene rings is 3. The van der Waals surface area contributed by atoms with Crippen LogP contribution < -0.4 is 20.8 Å². The Morgan fingerprint density at radius 3 is 2.47 bits per heavy atom. The topological polar surface area (TPSA) is 111 Å². The highest BCUT2D eigenvalue weighted by Gasteiger charge is 2.38. The molecule has 4 heterocycles. The van der Waals surface area contributed by atoms with Crippen molar-refractivity contribution in [2.75, 3.05) is 30.4 Å². The number of amides is 2. The summed E-state index contributed by atoms with van der Waals surface area (Å²) >= 11 is 13.6. The van der Waals surface area contributed by atoms with Gasteiger partial charge in [-0.2, -0.15) is 0 Å². The van der Waals surface area contributed by atoms with E-state index in [4.69, 9.17) is 33.8 Å². The van der Waals surface area contributed by atoms with Crippen LogP contribution in [0.25, 0.3) is 27.4 Å². The van der Waals surface area contributed by atoms with Crippen LogP contribution in [-0.4, -0.2) is 51.1 Å². The number of nitrogens with zero attached hydrogens (tertiary/aromatic N) is 5. The maximum Gasteiger partial charge on any atom is 0.275 e. The van der Waals surface area contributed by atoms with Crippen molar-refractivity contribution in [1.82, 2.24) is 19.1 Å². The van der Waals surface area contributed by atoms with Gasteiger partial charge in [0.25, 0.3) is 11.8 Å². The number of pyridine rings is 1. The summed E-state index contributed by atoms with van der Waals surface area (Å²) < 4.78 is 10.4. The van der Waals surface area contributed by atoms with Gasteiger partial charge in [0, 0.05) is 77.2 Å². The second-order valence-corrected chi connectivity index (χ2v) is 16.2. The molecule has 57 heavy (non-hydrogen) atoms. The Morgan fingerprint density at radius 2 is 1.81 bits per heavy atom. The molecule has 296 valence electrons. The van der Waals surface area contributed by atoms with E-state index >= 15 is 4.79 Å². The fraction of sp³-hybridized carbons (Fsp3) is 0.311. The number of anilines is 2. The maximum absolute atomic E-state index is 15.3. The Balaban J connectivity index is 1.35.